The zero-order valence-corrected chi connectivity index (χ0v) is 18.0. The van der Waals surface area contributed by atoms with E-state index in [2.05, 4.69) is 20.0 Å². The molecule has 10 heteroatoms. The maximum absolute atomic E-state index is 12.7. The van der Waals surface area contributed by atoms with E-state index in [0.717, 1.165) is 31.5 Å². The van der Waals surface area contributed by atoms with Crippen LogP contribution in [0, 0.1) is 5.92 Å². The Morgan fingerprint density at radius 3 is 2.56 bits per heavy atom. The number of nitrogens with zero attached hydrogens (tertiary/aromatic N) is 8. The Morgan fingerprint density at radius 2 is 1.84 bits per heavy atom. The lowest BCUT2D eigenvalue weighted by Crippen LogP contribution is -2.39. The van der Waals surface area contributed by atoms with Crippen LogP contribution in [0.2, 0.25) is 0 Å². The summed E-state index contributed by atoms with van der Waals surface area (Å²) < 4.78 is 4.90. The molecule has 0 atom stereocenters. The summed E-state index contributed by atoms with van der Waals surface area (Å²) >= 11 is 0. The average Bonchev–Trinajstić information content (AvgIpc) is 3.19. The van der Waals surface area contributed by atoms with Crippen LogP contribution >= 0.6 is 0 Å². The molecular formula is C22H24N8O2. The molecule has 164 valence electrons. The van der Waals surface area contributed by atoms with Gasteiger partial charge in [0.05, 0.1) is 18.2 Å². The van der Waals surface area contributed by atoms with E-state index in [4.69, 9.17) is 4.98 Å². The van der Waals surface area contributed by atoms with Crippen LogP contribution in [-0.2, 0) is 20.6 Å². The highest BCUT2D eigenvalue weighted by atomic mass is 16.1. The lowest BCUT2D eigenvalue weighted by Gasteiger charge is -2.33. The van der Waals surface area contributed by atoms with Crippen molar-refractivity contribution in [2.45, 2.75) is 19.4 Å². The molecule has 0 bridgehead atoms. The maximum Gasteiger partial charge on any atom is 0.265 e. The van der Waals surface area contributed by atoms with Gasteiger partial charge in [0.1, 0.15) is 5.39 Å². The molecule has 0 saturated carbocycles. The highest BCUT2D eigenvalue weighted by Crippen LogP contribution is 2.23. The van der Waals surface area contributed by atoms with Crippen LogP contribution in [0.4, 0.5) is 5.95 Å². The van der Waals surface area contributed by atoms with E-state index in [9.17, 15) is 9.59 Å². The molecule has 1 aliphatic heterocycles. The number of hydrogen-bond donors (Lipinski definition) is 0. The molecule has 0 amide bonds. The molecular weight excluding hydrogens is 408 g/mol. The minimum Gasteiger partial charge on any atom is -0.342 e. The van der Waals surface area contributed by atoms with Gasteiger partial charge in [0.25, 0.3) is 11.1 Å². The molecule has 5 rings (SSSR count). The molecule has 0 radical (unpaired) electrons. The predicted octanol–water partition coefficient (Wildman–Crippen LogP) is 1.20. The number of anilines is 1. The molecule has 4 aromatic heterocycles. The molecule has 4 aromatic rings. The summed E-state index contributed by atoms with van der Waals surface area (Å²) in [6, 6.07) is 5.26. The standard InChI is InChI=1S/C22H24N8O2/c1-27-21(32)17-12-25-28(2)20(17)26-22(27)29-9-5-15(6-10-29)13-30-14-24-18(11-19(30)31)16-3-7-23-8-4-16/h3-4,7-8,11-12,14-15H,5-6,9-10,13H2,1-2H3. The van der Waals surface area contributed by atoms with Gasteiger partial charge in [-0.3, -0.25) is 28.4 Å². The van der Waals surface area contributed by atoms with Crippen LogP contribution in [0.15, 0.2) is 52.7 Å². The van der Waals surface area contributed by atoms with Crippen LogP contribution in [-0.4, -0.2) is 47.0 Å². The minimum atomic E-state index is -0.0906. The molecule has 5 heterocycles. The van der Waals surface area contributed by atoms with Crippen LogP contribution in [0.5, 0.6) is 0 Å². The van der Waals surface area contributed by atoms with E-state index in [1.165, 1.54) is 0 Å². The summed E-state index contributed by atoms with van der Waals surface area (Å²) in [5, 5.41) is 4.68. The molecule has 0 aromatic carbocycles. The zero-order chi connectivity index (χ0) is 22.2. The predicted molar refractivity (Wildman–Crippen MR) is 120 cm³/mol. The third-order valence-corrected chi connectivity index (χ3v) is 6.16. The summed E-state index contributed by atoms with van der Waals surface area (Å²) in [6.45, 7) is 2.17. The Labute approximate surface area is 183 Å². The van der Waals surface area contributed by atoms with Crippen LogP contribution in [0.25, 0.3) is 22.3 Å². The van der Waals surface area contributed by atoms with Crippen molar-refractivity contribution in [3.63, 3.8) is 0 Å². The Bertz CT molecular complexity index is 1380. The van der Waals surface area contributed by atoms with Gasteiger partial charge in [0.2, 0.25) is 5.95 Å². The quantitative estimate of drug-likeness (QED) is 0.477. The second kappa shape index (κ2) is 8.03. The van der Waals surface area contributed by atoms with Crippen molar-refractivity contribution in [3.8, 4) is 11.3 Å². The van der Waals surface area contributed by atoms with Crippen LogP contribution in [0.3, 0.4) is 0 Å². The number of aromatic nitrogens is 7. The molecule has 0 unspecified atom stereocenters. The van der Waals surface area contributed by atoms with Gasteiger partial charge in [0, 0.05) is 57.8 Å². The van der Waals surface area contributed by atoms with Crippen molar-refractivity contribution in [1.82, 2.24) is 33.9 Å². The van der Waals surface area contributed by atoms with E-state index in [1.807, 2.05) is 12.1 Å². The lowest BCUT2D eigenvalue weighted by atomic mass is 9.97. The number of rotatable bonds is 4. The Morgan fingerprint density at radius 1 is 1.09 bits per heavy atom. The van der Waals surface area contributed by atoms with Crippen molar-refractivity contribution >= 4 is 17.0 Å². The largest absolute Gasteiger partial charge is 0.342 e. The van der Waals surface area contributed by atoms with Crippen LogP contribution in [0.1, 0.15) is 12.8 Å². The summed E-state index contributed by atoms with van der Waals surface area (Å²) in [5.41, 5.74) is 1.98. The van der Waals surface area contributed by atoms with E-state index in [1.54, 1.807) is 58.9 Å². The second-order valence-corrected chi connectivity index (χ2v) is 8.21. The van der Waals surface area contributed by atoms with Crippen molar-refractivity contribution in [1.29, 1.82) is 0 Å². The third-order valence-electron chi connectivity index (χ3n) is 6.16. The van der Waals surface area contributed by atoms with Crippen LogP contribution < -0.4 is 16.0 Å². The summed E-state index contributed by atoms with van der Waals surface area (Å²) in [7, 11) is 3.54. The van der Waals surface area contributed by atoms with Gasteiger partial charge in [-0.15, -0.1) is 0 Å². The Kier molecular flexibility index (Phi) is 5.04. The van der Waals surface area contributed by atoms with Crippen molar-refractivity contribution in [2.24, 2.45) is 20.0 Å². The summed E-state index contributed by atoms with van der Waals surface area (Å²) in [4.78, 5) is 40.6. The minimum absolute atomic E-state index is 0.0556. The summed E-state index contributed by atoms with van der Waals surface area (Å²) in [5.74, 6) is 1.01. The third kappa shape index (κ3) is 3.57. The van der Waals surface area contributed by atoms with Gasteiger partial charge in [0.15, 0.2) is 5.65 Å². The van der Waals surface area contributed by atoms with Gasteiger partial charge < -0.3 is 4.90 Å². The highest BCUT2D eigenvalue weighted by molar-refractivity contribution is 5.74. The fourth-order valence-electron chi connectivity index (χ4n) is 4.28. The van der Waals surface area contributed by atoms with E-state index in [0.29, 0.717) is 35.1 Å². The first-order chi connectivity index (χ1) is 15.5. The Balaban J connectivity index is 1.29. The van der Waals surface area contributed by atoms with E-state index >= 15 is 0 Å². The monoisotopic (exact) mass is 432 g/mol. The number of pyridine rings is 1. The fraction of sp³-hybridized carbons (Fsp3) is 0.364. The van der Waals surface area contributed by atoms with Gasteiger partial charge >= 0.3 is 0 Å². The smallest absolute Gasteiger partial charge is 0.265 e. The molecule has 0 spiro atoms. The number of piperidine rings is 1. The summed E-state index contributed by atoms with van der Waals surface area (Å²) in [6.07, 6.45) is 8.37. The number of fused-ring (bicyclic) bond motifs is 1. The van der Waals surface area contributed by atoms with E-state index < -0.39 is 0 Å². The molecule has 0 N–H and O–H groups in total. The topological polar surface area (TPSA) is 104 Å². The van der Waals surface area contributed by atoms with Gasteiger partial charge in [-0.2, -0.15) is 10.1 Å². The van der Waals surface area contributed by atoms with E-state index in [-0.39, 0.29) is 11.1 Å². The van der Waals surface area contributed by atoms with Gasteiger partial charge in [-0.1, -0.05) is 0 Å². The lowest BCUT2D eigenvalue weighted by molar-refractivity contribution is 0.348. The number of hydrogen-bond acceptors (Lipinski definition) is 7. The molecule has 0 aliphatic carbocycles. The van der Waals surface area contributed by atoms with Gasteiger partial charge in [-0.25, -0.2) is 4.98 Å². The zero-order valence-electron chi connectivity index (χ0n) is 18.0. The SMILES string of the molecule is Cn1c(N2CCC(Cn3cnc(-c4ccncc4)cc3=O)CC2)nc2c(cnn2C)c1=O. The normalized spacial score (nSPS) is 14.9. The Hall–Kier alpha value is -3.82. The first kappa shape index (κ1) is 20.1. The number of aryl methyl sites for hydroxylation is 1. The molecule has 10 nitrogen and oxygen atoms in total. The highest BCUT2D eigenvalue weighted by Gasteiger charge is 2.24. The van der Waals surface area contributed by atoms with Gasteiger partial charge in [-0.05, 0) is 30.9 Å². The first-order valence-corrected chi connectivity index (χ1v) is 10.6. The van der Waals surface area contributed by atoms with Crippen molar-refractivity contribution in [3.05, 3.63) is 63.8 Å². The maximum atomic E-state index is 12.7. The second-order valence-electron chi connectivity index (χ2n) is 8.21. The van der Waals surface area contributed by atoms with Crippen molar-refractivity contribution < 1.29 is 0 Å². The molecule has 1 saturated heterocycles. The molecule has 32 heavy (non-hydrogen) atoms. The average molecular weight is 432 g/mol. The molecule has 1 aliphatic rings. The molecule has 1 fully saturated rings. The van der Waals surface area contributed by atoms with Crippen molar-refractivity contribution in [2.75, 3.05) is 18.0 Å². The first-order valence-electron chi connectivity index (χ1n) is 10.6. The fourth-order valence-corrected chi connectivity index (χ4v) is 4.28.